The molecule has 0 aliphatic heterocycles. The van der Waals surface area contributed by atoms with E-state index in [2.05, 4.69) is 0 Å². The summed E-state index contributed by atoms with van der Waals surface area (Å²) in [4.78, 5) is 0. The maximum Gasteiger partial charge on any atom is 0.108 e. The molecule has 0 aliphatic carbocycles. The average Bonchev–Trinajstić information content (AvgIpc) is 1.88. The van der Waals surface area contributed by atoms with Crippen molar-refractivity contribution in [2.45, 2.75) is 32.4 Å². The first-order valence-electron chi connectivity index (χ1n) is 3.60. The zero-order valence-electron chi connectivity index (χ0n) is 6.96. The minimum Gasteiger partial charge on any atom is -0.383 e. The van der Waals surface area contributed by atoms with Gasteiger partial charge < -0.3 is 9.47 Å². The molecule has 0 aromatic carbocycles. The van der Waals surface area contributed by atoms with Crippen LogP contribution in [-0.4, -0.2) is 33.7 Å². The predicted molar refractivity (Wildman–Crippen MR) is 42.3 cm³/mol. The van der Waals surface area contributed by atoms with Gasteiger partial charge in [0.2, 0.25) is 0 Å². The van der Waals surface area contributed by atoms with Crippen LogP contribution >= 0.6 is 0 Å². The van der Waals surface area contributed by atoms with Gasteiger partial charge in [0.1, 0.15) is 7.85 Å². The minimum absolute atomic E-state index is 0.0972. The molecule has 10 heavy (non-hydrogen) atoms. The summed E-state index contributed by atoms with van der Waals surface area (Å²) in [6, 6.07) is -0.148. The molecule has 0 N–H and O–H groups in total. The smallest absolute Gasteiger partial charge is 0.108 e. The molecule has 2 unspecified atom stereocenters. The summed E-state index contributed by atoms with van der Waals surface area (Å²) >= 11 is 0. The zero-order chi connectivity index (χ0) is 7.98. The summed E-state index contributed by atoms with van der Waals surface area (Å²) in [5.74, 6) is 0. The van der Waals surface area contributed by atoms with Crippen LogP contribution in [0.2, 0.25) is 0 Å². The molecule has 0 saturated carbocycles. The molecule has 0 aromatic rings. The lowest BCUT2D eigenvalue weighted by Gasteiger charge is -2.17. The Kier molecular flexibility index (Phi) is 5.74. The summed E-state index contributed by atoms with van der Waals surface area (Å²) in [7, 11) is 7.18. The van der Waals surface area contributed by atoms with Crippen LogP contribution < -0.4 is 0 Å². The van der Waals surface area contributed by atoms with Gasteiger partial charge in [-0.05, 0) is 13.3 Å². The first-order chi connectivity index (χ1) is 4.70. The lowest BCUT2D eigenvalue weighted by Crippen LogP contribution is -2.22. The first-order valence-corrected chi connectivity index (χ1v) is 3.60. The molecule has 0 amide bonds. The standard InChI is InChI=1S/C7H15BO2/c1-4-7(8)10-6(2)5-9-3/h6-7H,4-5H2,1-3H3. The van der Waals surface area contributed by atoms with Gasteiger partial charge in [-0.2, -0.15) is 0 Å². The molecule has 0 bridgehead atoms. The number of rotatable bonds is 5. The van der Waals surface area contributed by atoms with Crippen molar-refractivity contribution >= 4 is 7.85 Å². The third kappa shape index (κ3) is 4.83. The van der Waals surface area contributed by atoms with Crippen molar-refractivity contribution in [3.05, 3.63) is 0 Å². The molecule has 0 heterocycles. The van der Waals surface area contributed by atoms with Crippen LogP contribution in [0.4, 0.5) is 0 Å². The number of methoxy groups -OCH3 is 1. The predicted octanol–water partition coefficient (Wildman–Crippen LogP) is 0.942. The maximum atomic E-state index is 5.53. The fourth-order valence-corrected chi connectivity index (χ4v) is 0.669. The molecule has 0 saturated heterocycles. The Bertz CT molecular complexity index is 78.0. The molecule has 58 valence electrons. The number of ether oxygens (including phenoxy) is 2. The first kappa shape index (κ1) is 9.98. The Labute approximate surface area is 64.3 Å². The molecule has 0 rings (SSSR count). The normalized spacial score (nSPS) is 16.7. The van der Waals surface area contributed by atoms with E-state index in [1.807, 2.05) is 13.8 Å². The van der Waals surface area contributed by atoms with E-state index < -0.39 is 0 Å². The van der Waals surface area contributed by atoms with Crippen molar-refractivity contribution in [3.63, 3.8) is 0 Å². The molecular formula is C7H15BO2. The highest BCUT2D eigenvalue weighted by molar-refractivity contribution is 6.10. The monoisotopic (exact) mass is 142 g/mol. The van der Waals surface area contributed by atoms with Crippen molar-refractivity contribution in [2.24, 2.45) is 0 Å². The highest BCUT2D eigenvalue weighted by atomic mass is 16.5. The molecule has 2 atom stereocenters. The van der Waals surface area contributed by atoms with E-state index >= 15 is 0 Å². The van der Waals surface area contributed by atoms with Gasteiger partial charge in [0, 0.05) is 13.1 Å². The van der Waals surface area contributed by atoms with Gasteiger partial charge >= 0.3 is 0 Å². The summed E-state index contributed by atoms with van der Waals surface area (Å²) < 4.78 is 10.2. The molecule has 2 radical (unpaired) electrons. The van der Waals surface area contributed by atoms with Gasteiger partial charge in [0.25, 0.3) is 0 Å². The number of hydrogen-bond acceptors (Lipinski definition) is 2. The second-order valence-corrected chi connectivity index (χ2v) is 2.35. The maximum absolute atomic E-state index is 5.53. The van der Waals surface area contributed by atoms with Crippen LogP contribution in [-0.2, 0) is 9.47 Å². The highest BCUT2D eigenvalue weighted by Gasteiger charge is 2.04. The summed E-state index contributed by atoms with van der Waals surface area (Å²) in [6.45, 7) is 4.54. The zero-order valence-corrected chi connectivity index (χ0v) is 6.96. The Morgan fingerprint density at radius 3 is 2.50 bits per heavy atom. The van der Waals surface area contributed by atoms with Gasteiger partial charge in [-0.3, -0.25) is 0 Å². The Hall–Kier alpha value is -0.0151. The topological polar surface area (TPSA) is 18.5 Å². The van der Waals surface area contributed by atoms with Crippen LogP contribution in [0.25, 0.3) is 0 Å². The quantitative estimate of drug-likeness (QED) is 0.532. The SMILES string of the molecule is [B]C(CC)OC(C)COC. The molecule has 0 spiro atoms. The van der Waals surface area contributed by atoms with E-state index in [-0.39, 0.29) is 12.1 Å². The van der Waals surface area contributed by atoms with Gasteiger partial charge in [-0.25, -0.2) is 0 Å². The Balaban J connectivity index is 3.27. The molecule has 2 nitrogen and oxygen atoms in total. The van der Waals surface area contributed by atoms with E-state index in [9.17, 15) is 0 Å². The van der Waals surface area contributed by atoms with Crippen molar-refractivity contribution in [1.29, 1.82) is 0 Å². The van der Waals surface area contributed by atoms with Crippen molar-refractivity contribution in [2.75, 3.05) is 13.7 Å². The van der Waals surface area contributed by atoms with Gasteiger partial charge in [-0.15, -0.1) is 0 Å². The average molecular weight is 142 g/mol. The highest BCUT2D eigenvalue weighted by Crippen LogP contribution is 1.98. The number of hydrogen-bond donors (Lipinski definition) is 0. The molecule has 3 heteroatoms. The van der Waals surface area contributed by atoms with Gasteiger partial charge in [0.05, 0.1) is 12.7 Å². The van der Waals surface area contributed by atoms with E-state index in [0.29, 0.717) is 6.61 Å². The second-order valence-electron chi connectivity index (χ2n) is 2.35. The fraction of sp³-hybridized carbons (Fsp3) is 1.00. The summed E-state index contributed by atoms with van der Waals surface area (Å²) in [5.41, 5.74) is 0. The van der Waals surface area contributed by atoms with E-state index in [1.165, 1.54) is 0 Å². The van der Waals surface area contributed by atoms with Gasteiger partial charge in [-0.1, -0.05) is 6.92 Å². The van der Waals surface area contributed by atoms with Crippen LogP contribution in [0.15, 0.2) is 0 Å². The lowest BCUT2D eigenvalue weighted by molar-refractivity contribution is -0.00767. The van der Waals surface area contributed by atoms with Crippen LogP contribution in [0.1, 0.15) is 20.3 Å². The van der Waals surface area contributed by atoms with E-state index in [0.717, 1.165) is 6.42 Å². The third-order valence-corrected chi connectivity index (χ3v) is 1.21. The van der Waals surface area contributed by atoms with Crippen molar-refractivity contribution in [3.8, 4) is 0 Å². The van der Waals surface area contributed by atoms with Crippen LogP contribution in [0.5, 0.6) is 0 Å². The Morgan fingerprint density at radius 1 is 1.50 bits per heavy atom. The van der Waals surface area contributed by atoms with Gasteiger partial charge in [0.15, 0.2) is 0 Å². The minimum atomic E-state index is -0.148. The molecule has 0 aromatic heterocycles. The second kappa shape index (κ2) is 5.75. The van der Waals surface area contributed by atoms with Crippen LogP contribution in [0.3, 0.4) is 0 Å². The van der Waals surface area contributed by atoms with Crippen molar-refractivity contribution in [1.82, 2.24) is 0 Å². The van der Waals surface area contributed by atoms with E-state index in [1.54, 1.807) is 7.11 Å². The van der Waals surface area contributed by atoms with Crippen LogP contribution in [0, 0.1) is 0 Å². The molecule has 0 aliphatic rings. The third-order valence-electron chi connectivity index (χ3n) is 1.21. The van der Waals surface area contributed by atoms with Crippen molar-refractivity contribution < 1.29 is 9.47 Å². The summed E-state index contributed by atoms with van der Waals surface area (Å²) in [5, 5.41) is 0. The molecule has 0 fully saturated rings. The lowest BCUT2D eigenvalue weighted by atomic mass is 9.97. The largest absolute Gasteiger partial charge is 0.383 e. The Morgan fingerprint density at radius 2 is 2.10 bits per heavy atom. The summed E-state index contributed by atoms with van der Waals surface area (Å²) in [6.07, 6.45) is 0.938. The fourth-order valence-electron chi connectivity index (χ4n) is 0.669. The molecular weight excluding hydrogens is 127 g/mol. The van der Waals surface area contributed by atoms with E-state index in [4.69, 9.17) is 17.3 Å².